The van der Waals surface area contributed by atoms with Gasteiger partial charge in [0.1, 0.15) is 0 Å². The van der Waals surface area contributed by atoms with E-state index in [0.29, 0.717) is 13.1 Å². The lowest BCUT2D eigenvalue weighted by molar-refractivity contribution is -0.138. The molecule has 1 amide bonds. The van der Waals surface area contributed by atoms with Crippen LogP contribution in [0.15, 0.2) is 36.4 Å². The molecule has 0 spiro atoms. The Morgan fingerprint density at radius 1 is 1.24 bits per heavy atom. The number of hydrogen-bond donors (Lipinski definition) is 1. The van der Waals surface area contributed by atoms with Gasteiger partial charge in [0, 0.05) is 25.1 Å². The minimum atomic E-state index is -0.516. The highest BCUT2D eigenvalue weighted by atomic mass is 16.3. The third-order valence-corrected chi connectivity index (χ3v) is 4.96. The Labute approximate surface area is 126 Å². The van der Waals surface area contributed by atoms with Gasteiger partial charge in [-0.25, -0.2) is 0 Å². The number of hydrogen-bond acceptors (Lipinski definition) is 2. The highest BCUT2D eigenvalue weighted by Gasteiger charge is 2.43. The number of fused-ring (bicyclic) bond motifs is 1. The van der Waals surface area contributed by atoms with E-state index in [1.165, 1.54) is 6.42 Å². The molecule has 1 aliphatic heterocycles. The summed E-state index contributed by atoms with van der Waals surface area (Å²) in [6.45, 7) is 1.37. The molecule has 3 nitrogen and oxygen atoms in total. The number of benzene rings is 1. The molecule has 0 aromatic heterocycles. The molecule has 2 atom stereocenters. The van der Waals surface area contributed by atoms with Crippen molar-refractivity contribution in [3.8, 4) is 0 Å². The SMILES string of the molecule is O=C(/C=C/c1ccccc1)N1CCC2(O)CCCCC2C1. The Morgan fingerprint density at radius 3 is 2.86 bits per heavy atom. The molecule has 0 radical (unpaired) electrons. The second kappa shape index (κ2) is 6.02. The predicted molar refractivity (Wildman–Crippen MR) is 83.6 cm³/mol. The fourth-order valence-electron chi connectivity index (χ4n) is 3.61. The standard InChI is InChI=1S/C18H23NO2/c20-17(10-9-15-6-2-1-3-7-15)19-13-12-18(21)11-5-4-8-16(18)14-19/h1-3,6-7,9-10,16,21H,4-5,8,11-14H2/b10-9+. The van der Waals surface area contributed by atoms with Gasteiger partial charge in [0.05, 0.1) is 5.60 Å². The highest BCUT2D eigenvalue weighted by Crippen LogP contribution is 2.39. The maximum Gasteiger partial charge on any atom is 0.246 e. The number of likely N-dealkylation sites (tertiary alicyclic amines) is 1. The Kier molecular flexibility index (Phi) is 4.11. The Hall–Kier alpha value is -1.61. The van der Waals surface area contributed by atoms with Crippen LogP contribution in [0, 0.1) is 5.92 Å². The fourth-order valence-corrected chi connectivity index (χ4v) is 3.61. The molecular weight excluding hydrogens is 262 g/mol. The van der Waals surface area contributed by atoms with E-state index in [9.17, 15) is 9.90 Å². The third-order valence-electron chi connectivity index (χ3n) is 4.96. The predicted octanol–water partition coefficient (Wildman–Crippen LogP) is 2.85. The first-order valence-electron chi connectivity index (χ1n) is 7.92. The molecule has 1 heterocycles. The zero-order valence-corrected chi connectivity index (χ0v) is 12.4. The first kappa shape index (κ1) is 14.3. The van der Waals surface area contributed by atoms with Gasteiger partial charge >= 0.3 is 0 Å². The molecule has 2 fully saturated rings. The van der Waals surface area contributed by atoms with Crippen molar-refractivity contribution in [2.45, 2.75) is 37.7 Å². The summed E-state index contributed by atoms with van der Waals surface area (Å²) in [5.41, 5.74) is 0.523. The van der Waals surface area contributed by atoms with Crippen LogP contribution in [-0.4, -0.2) is 34.6 Å². The molecule has 3 rings (SSSR count). The van der Waals surface area contributed by atoms with Crippen LogP contribution in [0.3, 0.4) is 0 Å². The topological polar surface area (TPSA) is 40.5 Å². The number of carbonyl (C=O) groups excluding carboxylic acids is 1. The van der Waals surface area contributed by atoms with Crippen LogP contribution in [0.1, 0.15) is 37.7 Å². The van der Waals surface area contributed by atoms with E-state index in [-0.39, 0.29) is 11.8 Å². The van der Waals surface area contributed by atoms with Crippen LogP contribution in [0.5, 0.6) is 0 Å². The van der Waals surface area contributed by atoms with E-state index in [1.807, 2.05) is 41.3 Å². The largest absolute Gasteiger partial charge is 0.389 e. The van der Waals surface area contributed by atoms with E-state index in [2.05, 4.69) is 0 Å². The van der Waals surface area contributed by atoms with Crippen molar-refractivity contribution in [3.63, 3.8) is 0 Å². The van der Waals surface area contributed by atoms with Gasteiger partial charge < -0.3 is 10.0 Å². The third kappa shape index (κ3) is 3.18. The van der Waals surface area contributed by atoms with Crippen molar-refractivity contribution in [2.75, 3.05) is 13.1 Å². The monoisotopic (exact) mass is 285 g/mol. The van der Waals surface area contributed by atoms with Crippen LogP contribution in [-0.2, 0) is 4.79 Å². The summed E-state index contributed by atoms with van der Waals surface area (Å²) >= 11 is 0. The molecule has 3 heteroatoms. The van der Waals surface area contributed by atoms with Crippen LogP contribution in [0.4, 0.5) is 0 Å². The quantitative estimate of drug-likeness (QED) is 0.849. The highest BCUT2D eigenvalue weighted by molar-refractivity contribution is 5.91. The summed E-state index contributed by atoms with van der Waals surface area (Å²) < 4.78 is 0. The number of rotatable bonds is 2. The van der Waals surface area contributed by atoms with Gasteiger partial charge in [-0.3, -0.25) is 4.79 Å². The zero-order valence-electron chi connectivity index (χ0n) is 12.4. The Bertz CT molecular complexity index is 525. The molecule has 1 saturated heterocycles. The van der Waals surface area contributed by atoms with Crippen molar-refractivity contribution in [1.29, 1.82) is 0 Å². The molecule has 1 saturated carbocycles. The number of aliphatic hydroxyl groups is 1. The lowest BCUT2D eigenvalue weighted by Crippen LogP contribution is -2.54. The molecule has 2 aliphatic rings. The normalized spacial score (nSPS) is 29.4. The lowest BCUT2D eigenvalue weighted by Gasteiger charge is -2.47. The minimum absolute atomic E-state index is 0.0616. The number of amides is 1. The second-order valence-electron chi connectivity index (χ2n) is 6.32. The molecular formula is C18H23NO2. The lowest BCUT2D eigenvalue weighted by atomic mass is 9.71. The summed E-state index contributed by atoms with van der Waals surface area (Å²) in [6, 6.07) is 9.87. The molecule has 2 unspecified atom stereocenters. The summed E-state index contributed by atoms with van der Waals surface area (Å²) in [6.07, 6.45) is 8.49. The zero-order chi connectivity index (χ0) is 14.7. The van der Waals surface area contributed by atoms with E-state index in [4.69, 9.17) is 0 Å². The average molecular weight is 285 g/mol. The first-order chi connectivity index (χ1) is 10.2. The van der Waals surface area contributed by atoms with Crippen LogP contribution < -0.4 is 0 Å². The van der Waals surface area contributed by atoms with Gasteiger partial charge in [-0.15, -0.1) is 0 Å². The molecule has 1 N–H and O–H groups in total. The summed E-state index contributed by atoms with van der Waals surface area (Å²) in [5.74, 6) is 0.320. The molecule has 112 valence electrons. The smallest absolute Gasteiger partial charge is 0.246 e. The maximum absolute atomic E-state index is 12.3. The number of nitrogens with zero attached hydrogens (tertiary/aromatic N) is 1. The van der Waals surface area contributed by atoms with Gasteiger partial charge in [0.15, 0.2) is 0 Å². The van der Waals surface area contributed by atoms with E-state index < -0.39 is 5.60 Å². The number of carbonyl (C=O) groups is 1. The van der Waals surface area contributed by atoms with Crippen LogP contribution in [0.25, 0.3) is 6.08 Å². The summed E-state index contributed by atoms with van der Waals surface area (Å²) in [4.78, 5) is 14.2. The van der Waals surface area contributed by atoms with E-state index in [1.54, 1.807) is 6.08 Å². The number of piperidine rings is 1. The molecule has 0 bridgehead atoms. The molecule has 1 aliphatic carbocycles. The average Bonchev–Trinajstić information content (AvgIpc) is 2.52. The van der Waals surface area contributed by atoms with Gasteiger partial charge in [0.2, 0.25) is 5.91 Å². The fraction of sp³-hybridized carbons (Fsp3) is 0.500. The molecule has 1 aromatic rings. The van der Waals surface area contributed by atoms with Crippen molar-refractivity contribution in [2.24, 2.45) is 5.92 Å². The van der Waals surface area contributed by atoms with Gasteiger partial charge in [-0.2, -0.15) is 0 Å². The summed E-state index contributed by atoms with van der Waals surface area (Å²) in [5, 5.41) is 10.6. The Balaban J connectivity index is 1.62. The van der Waals surface area contributed by atoms with E-state index in [0.717, 1.165) is 31.2 Å². The van der Waals surface area contributed by atoms with Crippen molar-refractivity contribution in [1.82, 2.24) is 4.90 Å². The summed E-state index contributed by atoms with van der Waals surface area (Å²) in [7, 11) is 0. The van der Waals surface area contributed by atoms with Gasteiger partial charge in [-0.05, 0) is 30.9 Å². The second-order valence-corrected chi connectivity index (χ2v) is 6.32. The van der Waals surface area contributed by atoms with Crippen LogP contribution in [0.2, 0.25) is 0 Å². The van der Waals surface area contributed by atoms with Crippen molar-refractivity contribution in [3.05, 3.63) is 42.0 Å². The maximum atomic E-state index is 12.3. The van der Waals surface area contributed by atoms with Crippen molar-refractivity contribution >= 4 is 12.0 Å². The molecule has 1 aromatic carbocycles. The van der Waals surface area contributed by atoms with Gasteiger partial charge in [0.25, 0.3) is 0 Å². The Morgan fingerprint density at radius 2 is 2.05 bits per heavy atom. The first-order valence-corrected chi connectivity index (χ1v) is 7.92. The van der Waals surface area contributed by atoms with Crippen LogP contribution >= 0.6 is 0 Å². The minimum Gasteiger partial charge on any atom is -0.389 e. The molecule has 21 heavy (non-hydrogen) atoms. The van der Waals surface area contributed by atoms with Gasteiger partial charge in [-0.1, -0.05) is 43.2 Å². The van der Waals surface area contributed by atoms with E-state index >= 15 is 0 Å². The van der Waals surface area contributed by atoms with Crippen molar-refractivity contribution < 1.29 is 9.90 Å².